The van der Waals surface area contributed by atoms with Crippen molar-refractivity contribution in [2.24, 2.45) is 28.1 Å². The van der Waals surface area contributed by atoms with Gasteiger partial charge in [0.25, 0.3) is 16.8 Å². The van der Waals surface area contributed by atoms with Gasteiger partial charge in [0.2, 0.25) is 17.6 Å². The number of likely N-dealkylation sites (N-methyl/N-ethyl adjacent to an activating group) is 1. The number of fused-ring (bicyclic) bond motifs is 1. The molecule has 0 bridgehead atoms. The van der Waals surface area contributed by atoms with Gasteiger partial charge in [-0.2, -0.15) is 0 Å². The fourth-order valence-corrected chi connectivity index (χ4v) is 7.16. The predicted octanol–water partition coefficient (Wildman–Crippen LogP) is 1.17. The van der Waals surface area contributed by atoms with Gasteiger partial charge in [0.15, 0.2) is 0 Å². The maximum absolute atomic E-state index is 14.4. The first-order chi connectivity index (χ1) is 23.9. The molecule has 52 heavy (non-hydrogen) atoms. The van der Waals surface area contributed by atoms with Crippen LogP contribution < -0.4 is 41.9 Å². The summed E-state index contributed by atoms with van der Waals surface area (Å²) in [7, 11) is 5.06. The number of nitrogens with one attached hydrogen (secondary N) is 4. The molecule has 2 fully saturated rings. The first-order valence-electron chi connectivity index (χ1n) is 17.7. The molecule has 2 aliphatic rings. The highest BCUT2D eigenvalue weighted by Gasteiger charge is 2.70. The van der Waals surface area contributed by atoms with E-state index in [0.29, 0.717) is 5.69 Å². The third-order valence-corrected chi connectivity index (χ3v) is 10.5. The lowest BCUT2D eigenvalue weighted by Gasteiger charge is -2.39. The quantitative estimate of drug-likeness (QED) is 0.118. The third-order valence-electron chi connectivity index (χ3n) is 10.5. The number of anilines is 2. The largest absolute Gasteiger partial charge is 0.373 e. The van der Waals surface area contributed by atoms with E-state index in [9.17, 15) is 33.6 Å². The Hall–Kier alpha value is -4.67. The molecule has 1 heterocycles. The molecular weight excluding hydrogens is 666 g/mol. The number of carbonyl (C=O) groups is 5. The molecule has 14 nitrogen and oxygen atoms in total. The summed E-state index contributed by atoms with van der Waals surface area (Å²) in [6.07, 6.45) is 7.04. The number of urea groups is 1. The number of terminal acetylenes is 1. The third kappa shape index (κ3) is 8.68. The zero-order valence-corrected chi connectivity index (χ0v) is 32.6. The number of amides is 5. The standard InChI is InChI=1S/C38H57N7O7/c1-14-16-17-22(28(46)33(50)39-18-15-2)40-32(49)25-24-21(38(24,9)10)19-45(25)34(51)31(37(6,7)8)42-35(52)41-23(36(3,4)5)20-44(13)27-26(43(11)12)29(47)30(27)48/h1,15,21-25,31H,2,16-20H2,3-13H3,(H,39,50)(H,40,49)(H2,41,42,52)/t21-,22?,23+,24-,25-,31+/m0/s1. The van der Waals surface area contributed by atoms with Crippen LogP contribution in [0, 0.1) is 40.4 Å². The molecule has 3 rings (SSSR count). The van der Waals surface area contributed by atoms with Crippen molar-refractivity contribution in [1.29, 1.82) is 0 Å². The van der Waals surface area contributed by atoms with Crippen molar-refractivity contribution in [3.8, 4) is 12.3 Å². The summed E-state index contributed by atoms with van der Waals surface area (Å²) >= 11 is 0. The molecule has 1 aromatic rings. The van der Waals surface area contributed by atoms with E-state index in [1.807, 2.05) is 55.4 Å². The summed E-state index contributed by atoms with van der Waals surface area (Å²) in [4.78, 5) is 97.2. The molecular formula is C38H57N7O7. The van der Waals surface area contributed by atoms with Crippen molar-refractivity contribution in [2.45, 2.75) is 92.4 Å². The molecule has 0 aromatic heterocycles. The van der Waals surface area contributed by atoms with E-state index < -0.39 is 75.4 Å². The van der Waals surface area contributed by atoms with Gasteiger partial charge in [-0.25, -0.2) is 4.79 Å². The Morgan fingerprint density at radius 1 is 0.981 bits per heavy atom. The van der Waals surface area contributed by atoms with Crippen LogP contribution in [0.25, 0.3) is 0 Å². The van der Waals surface area contributed by atoms with Gasteiger partial charge < -0.3 is 36.0 Å². The van der Waals surface area contributed by atoms with Gasteiger partial charge in [0, 0.05) is 47.2 Å². The SMILES string of the molecule is C#CCCC(NC(=O)[C@@H]1[C@@H]2[C@H](CN1C(=O)[C@@H](NC(=O)N[C@H](CN(C)c1c(N(C)C)c(=O)c1=O)C(C)(C)C)C(C)(C)C)C2(C)C)C(=O)C(=O)NCC=C. The number of piperidine rings is 1. The van der Waals surface area contributed by atoms with E-state index in [1.54, 1.807) is 30.9 Å². The maximum Gasteiger partial charge on any atom is 0.315 e. The molecule has 1 aliphatic heterocycles. The van der Waals surface area contributed by atoms with Crippen LogP contribution in [-0.2, 0) is 19.2 Å². The molecule has 1 saturated carbocycles. The second kappa shape index (κ2) is 15.5. The van der Waals surface area contributed by atoms with Gasteiger partial charge in [-0.3, -0.25) is 28.8 Å². The van der Waals surface area contributed by atoms with Crippen LogP contribution in [0.15, 0.2) is 22.2 Å². The van der Waals surface area contributed by atoms with Gasteiger partial charge >= 0.3 is 6.03 Å². The average Bonchev–Trinajstić information content (AvgIpc) is 3.34. The van der Waals surface area contributed by atoms with Crippen LogP contribution in [0.2, 0.25) is 0 Å². The van der Waals surface area contributed by atoms with Crippen LogP contribution in [-0.4, -0.2) is 99.4 Å². The zero-order chi connectivity index (χ0) is 39.7. The minimum Gasteiger partial charge on any atom is -0.373 e. The van der Waals surface area contributed by atoms with E-state index >= 15 is 0 Å². The van der Waals surface area contributed by atoms with Crippen LogP contribution in [0.3, 0.4) is 0 Å². The fourth-order valence-electron chi connectivity index (χ4n) is 7.16. The predicted molar refractivity (Wildman–Crippen MR) is 202 cm³/mol. The number of hydrogen-bond donors (Lipinski definition) is 4. The number of carbonyl (C=O) groups excluding carboxylic acids is 5. The van der Waals surface area contributed by atoms with Crippen molar-refractivity contribution >= 4 is 40.9 Å². The topological polar surface area (TPSA) is 177 Å². The highest BCUT2D eigenvalue weighted by Crippen LogP contribution is 2.65. The number of rotatable bonds is 15. The molecule has 1 aromatic carbocycles. The molecule has 0 radical (unpaired) electrons. The van der Waals surface area contributed by atoms with Crippen LogP contribution in [0.4, 0.5) is 16.2 Å². The molecule has 1 aliphatic carbocycles. The highest BCUT2D eigenvalue weighted by molar-refractivity contribution is 6.38. The van der Waals surface area contributed by atoms with Crippen molar-refractivity contribution in [3.63, 3.8) is 0 Å². The van der Waals surface area contributed by atoms with Gasteiger partial charge in [-0.05, 0) is 34.5 Å². The molecule has 4 N–H and O–H groups in total. The van der Waals surface area contributed by atoms with E-state index in [-0.39, 0.29) is 55.4 Å². The summed E-state index contributed by atoms with van der Waals surface area (Å²) < 4.78 is 0. The van der Waals surface area contributed by atoms with Crippen molar-refractivity contribution in [3.05, 3.63) is 33.1 Å². The van der Waals surface area contributed by atoms with E-state index in [2.05, 4.69) is 33.8 Å². The Morgan fingerprint density at radius 2 is 1.58 bits per heavy atom. The Labute approximate surface area is 307 Å². The Balaban J connectivity index is 1.85. The van der Waals surface area contributed by atoms with E-state index in [4.69, 9.17) is 6.42 Å². The number of nitrogens with zero attached hydrogens (tertiary/aromatic N) is 3. The van der Waals surface area contributed by atoms with Crippen LogP contribution in [0.1, 0.15) is 68.2 Å². The Morgan fingerprint density at radius 3 is 2.10 bits per heavy atom. The Kier molecular flexibility index (Phi) is 12.5. The van der Waals surface area contributed by atoms with Gasteiger partial charge in [-0.15, -0.1) is 18.9 Å². The maximum atomic E-state index is 14.4. The molecule has 1 saturated heterocycles. The minimum absolute atomic E-state index is 0.0145. The second-order valence-corrected chi connectivity index (χ2v) is 17.0. The number of ketones is 1. The molecule has 286 valence electrons. The zero-order valence-electron chi connectivity index (χ0n) is 32.6. The normalized spacial score (nSPS) is 20.7. The van der Waals surface area contributed by atoms with Crippen LogP contribution >= 0.6 is 0 Å². The summed E-state index contributed by atoms with van der Waals surface area (Å²) in [6, 6.07) is -4.33. The summed E-state index contributed by atoms with van der Waals surface area (Å²) in [5.41, 5.74) is -2.11. The molecule has 0 spiro atoms. The first-order valence-corrected chi connectivity index (χ1v) is 17.7. The average molecular weight is 724 g/mol. The summed E-state index contributed by atoms with van der Waals surface area (Å²) in [6.45, 7) is 19.4. The lowest BCUT2D eigenvalue weighted by molar-refractivity contribution is -0.145. The van der Waals surface area contributed by atoms with E-state index in [1.165, 1.54) is 11.0 Å². The van der Waals surface area contributed by atoms with E-state index in [0.717, 1.165) is 0 Å². The van der Waals surface area contributed by atoms with Gasteiger partial charge in [-0.1, -0.05) is 61.5 Å². The van der Waals surface area contributed by atoms with Crippen molar-refractivity contribution in [1.82, 2.24) is 26.2 Å². The van der Waals surface area contributed by atoms with Crippen molar-refractivity contribution < 1.29 is 24.0 Å². The lowest BCUT2D eigenvalue weighted by Crippen LogP contribution is -2.62. The smallest absolute Gasteiger partial charge is 0.315 e. The summed E-state index contributed by atoms with van der Waals surface area (Å²) in [5, 5.41) is 11.0. The lowest BCUT2D eigenvalue weighted by atomic mass is 9.84. The fraction of sp³-hybridized carbons (Fsp3) is 0.658. The molecule has 1 unspecified atom stereocenters. The first kappa shape index (κ1) is 41.7. The number of Topliss-reactive ketones (excluding diaryl/α,β-unsaturated/α-hetero) is 1. The minimum atomic E-state index is -1.20. The van der Waals surface area contributed by atoms with Gasteiger partial charge in [0.05, 0.1) is 12.1 Å². The molecule has 6 atom stereocenters. The second-order valence-electron chi connectivity index (χ2n) is 17.0. The molecule has 5 amide bonds. The Bertz CT molecular complexity index is 1690. The molecule has 14 heteroatoms. The monoisotopic (exact) mass is 723 g/mol. The van der Waals surface area contributed by atoms with Crippen LogP contribution in [0.5, 0.6) is 0 Å². The van der Waals surface area contributed by atoms with Crippen molar-refractivity contribution in [2.75, 3.05) is 50.6 Å². The number of likely N-dealkylation sites (tertiary alicyclic amines) is 1. The highest BCUT2D eigenvalue weighted by atomic mass is 16.2. The summed E-state index contributed by atoms with van der Waals surface area (Å²) in [5.74, 6) is -0.492. The number of hydrogen-bond acceptors (Lipinski definition) is 9. The van der Waals surface area contributed by atoms with Gasteiger partial charge in [0.1, 0.15) is 23.5 Å².